The van der Waals surface area contributed by atoms with Crippen molar-refractivity contribution in [3.05, 3.63) is 45.4 Å². The van der Waals surface area contributed by atoms with Crippen LogP contribution in [0.4, 0.5) is 4.39 Å². The third-order valence-electron chi connectivity index (χ3n) is 3.52. The number of nitrogens with zero attached hydrogens (tertiary/aromatic N) is 2. The van der Waals surface area contributed by atoms with Gasteiger partial charge in [-0.3, -0.25) is 0 Å². The molecule has 1 atom stereocenters. The number of hydrogen-bond donors (Lipinski definition) is 1. The number of halogens is 2. The van der Waals surface area contributed by atoms with Crippen LogP contribution >= 0.6 is 15.9 Å². The van der Waals surface area contributed by atoms with Crippen molar-refractivity contribution in [2.24, 2.45) is 5.73 Å². The first-order chi connectivity index (χ1) is 9.45. The lowest BCUT2D eigenvalue weighted by molar-refractivity contribution is 0.574. The monoisotopic (exact) mass is 339 g/mol. The van der Waals surface area contributed by atoms with E-state index < -0.39 is 0 Å². The van der Waals surface area contributed by atoms with Gasteiger partial charge in [0.05, 0.1) is 21.5 Å². The molecule has 1 aromatic carbocycles. The van der Waals surface area contributed by atoms with E-state index in [1.54, 1.807) is 10.7 Å². The summed E-state index contributed by atoms with van der Waals surface area (Å²) >= 11 is 3.50. The molecule has 2 N–H and O–H groups in total. The summed E-state index contributed by atoms with van der Waals surface area (Å²) < 4.78 is 16.9. The van der Waals surface area contributed by atoms with Crippen molar-refractivity contribution >= 4 is 15.9 Å². The Balaban J connectivity index is 2.56. The number of hydrogen-bond acceptors (Lipinski definition) is 2. The van der Waals surface area contributed by atoms with E-state index in [0.717, 1.165) is 28.0 Å². The Morgan fingerprint density at radius 2 is 2.10 bits per heavy atom. The molecule has 0 aliphatic heterocycles. The van der Waals surface area contributed by atoms with E-state index >= 15 is 0 Å². The van der Waals surface area contributed by atoms with Crippen LogP contribution in [0.2, 0.25) is 0 Å². The molecule has 0 aliphatic rings. The van der Waals surface area contributed by atoms with Gasteiger partial charge in [-0.2, -0.15) is 5.10 Å². The molecule has 1 aromatic heterocycles. The molecule has 2 rings (SSSR count). The second kappa shape index (κ2) is 6.06. The summed E-state index contributed by atoms with van der Waals surface area (Å²) in [6, 6.07) is 5.01. The average molecular weight is 340 g/mol. The maximum Gasteiger partial charge on any atom is 0.128 e. The second-order valence-electron chi connectivity index (χ2n) is 5.01. The van der Waals surface area contributed by atoms with Crippen LogP contribution < -0.4 is 5.73 Å². The van der Waals surface area contributed by atoms with Gasteiger partial charge in [-0.25, -0.2) is 9.07 Å². The Bertz CT molecular complexity index is 622. The maximum atomic E-state index is 14.2. The minimum atomic E-state index is -0.227. The normalized spacial score (nSPS) is 12.7. The van der Waals surface area contributed by atoms with Crippen LogP contribution in [-0.2, 0) is 6.42 Å². The van der Waals surface area contributed by atoms with Crippen LogP contribution in [0.25, 0.3) is 5.69 Å². The summed E-state index contributed by atoms with van der Waals surface area (Å²) in [5.74, 6) is -0.227. The minimum Gasteiger partial charge on any atom is -0.327 e. The second-order valence-corrected chi connectivity index (χ2v) is 5.80. The highest BCUT2D eigenvalue weighted by Crippen LogP contribution is 2.26. The van der Waals surface area contributed by atoms with Crippen molar-refractivity contribution in [2.45, 2.75) is 39.7 Å². The molecule has 0 saturated carbocycles. The Morgan fingerprint density at radius 3 is 2.65 bits per heavy atom. The third kappa shape index (κ3) is 2.79. The molecule has 0 saturated heterocycles. The van der Waals surface area contributed by atoms with Crippen molar-refractivity contribution in [2.75, 3.05) is 0 Å². The number of nitrogens with two attached hydrogens (primary N) is 1. The van der Waals surface area contributed by atoms with E-state index in [-0.39, 0.29) is 11.9 Å². The lowest BCUT2D eigenvalue weighted by atomic mass is 10.0. The highest BCUT2D eigenvalue weighted by molar-refractivity contribution is 9.10. The fourth-order valence-electron chi connectivity index (χ4n) is 2.21. The van der Waals surface area contributed by atoms with Gasteiger partial charge in [0.1, 0.15) is 5.82 Å². The average Bonchev–Trinajstić information content (AvgIpc) is 2.68. The molecule has 0 spiro atoms. The molecule has 1 heterocycles. The van der Waals surface area contributed by atoms with Gasteiger partial charge in [-0.1, -0.05) is 13.0 Å². The van der Waals surface area contributed by atoms with Crippen LogP contribution in [-0.4, -0.2) is 15.8 Å². The fraction of sp³-hybridized carbons (Fsp3) is 0.400. The third-order valence-corrected chi connectivity index (χ3v) is 4.66. The topological polar surface area (TPSA) is 43.8 Å². The molecule has 0 bridgehead atoms. The molecule has 1 unspecified atom stereocenters. The number of aromatic nitrogens is 2. The van der Waals surface area contributed by atoms with Crippen molar-refractivity contribution in [1.29, 1.82) is 0 Å². The van der Waals surface area contributed by atoms with Gasteiger partial charge in [-0.15, -0.1) is 0 Å². The van der Waals surface area contributed by atoms with Gasteiger partial charge >= 0.3 is 0 Å². The van der Waals surface area contributed by atoms with Crippen molar-refractivity contribution in [1.82, 2.24) is 9.78 Å². The van der Waals surface area contributed by atoms with Crippen molar-refractivity contribution in [3.63, 3.8) is 0 Å². The Labute approximate surface area is 127 Å². The van der Waals surface area contributed by atoms with E-state index in [0.29, 0.717) is 12.0 Å². The van der Waals surface area contributed by atoms with Gasteiger partial charge in [0.25, 0.3) is 0 Å². The van der Waals surface area contributed by atoms with E-state index in [2.05, 4.69) is 21.0 Å². The first-order valence-electron chi connectivity index (χ1n) is 6.70. The zero-order valence-corrected chi connectivity index (χ0v) is 13.5. The number of benzene rings is 1. The summed E-state index contributed by atoms with van der Waals surface area (Å²) in [4.78, 5) is 0. The molecule has 0 fully saturated rings. The van der Waals surface area contributed by atoms with Crippen molar-refractivity contribution in [3.8, 4) is 5.69 Å². The molecule has 108 valence electrons. The predicted molar refractivity (Wildman–Crippen MR) is 82.7 cm³/mol. The quantitative estimate of drug-likeness (QED) is 0.923. The summed E-state index contributed by atoms with van der Waals surface area (Å²) in [5.41, 5.74) is 9.22. The molecule has 5 heteroatoms. The summed E-state index contributed by atoms with van der Waals surface area (Å²) in [6.45, 7) is 5.88. The van der Waals surface area contributed by atoms with Gasteiger partial charge in [0, 0.05) is 11.6 Å². The highest BCUT2D eigenvalue weighted by atomic mass is 79.9. The number of rotatable bonds is 4. The van der Waals surface area contributed by atoms with E-state index in [4.69, 9.17) is 5.73 Å². The van der Waals surface area contributed by atoms with E-state index in [9.17, 15) is 4.39 Å². The van der Waals surface area contributed by atoms with Crippen LogP contribution in [0.1, 0.15) is 30.3 Å². The summed E-state index contributed by atoms with van der Waals surface area (Å²) in [5, 5.41) is 4.48. The fourth-order valence-corrected chi connectivity index (χ4v) is 2.46. The van der Waals surface area contributed by atoms with Crippen LogP contribution in [0.5, 0.6) is 0 Å². The Kier molecular flexibility index (Phi) is 4.60. The van der Waals surface area contributed by atoms with E-state index in [1.165, 1.54) is 6.07 Å². The summed E-state index contributed by atoms with van der Waals surface area (Å²) in [7, 11) is 0. The van der Waals surface area contributed by atoms with Crippen LogP contribution in [0.3, 0.4) is 0 Å². The predicted octanol–water partition coefficient (Wildman–Crippen LogP) is 3.67. The molecular weight excluding hydrogens is 321 g/mol. The first kappa shape index (κ1) is 15.2. The van der Waals surface area contributed by atoms with Crippen LogP contribution in [0.15, 0.2) is 22.7 Å². The van der Waals surface area contributed by atoms with Crippen LogP contribution in [0, 0.1) is 19.7 Å². The molecule has 20 heavy (non-hydrogen) atoms. The van der Waals surface area contributed by atoms with Crippen molar-refractivity contribution < 1.29 is 4.39 Å². The minimum absolute atomic E-state index is 0.0499. The first-order valence-corrected chi connectivity index (χ1v) is 7.50. The Hall–Kier alpha value is -1.20. The standard InChI is InChI=1S/C15H19BrFN3/c1-4-11(18)8-12-13(17)6-5-7-14(12)20-10(3)15(16)9(2)19-20/h5-7,11H,4,8,18H2,1-3H3. The molecule has 0 radical (unpaired) electrons. The highest BCUT2D eigenvalue weighted by Gasteiger charge is 2.17. The lowest BCUT2D eigenvalue weighted by Gasteiger charge is -2.15. The largest absolute Gasteiger partial charge is 0.327 e. The molecule has 2 aromatic rings. The SMILES string of the molecule is CCC(N)Cc1c(F)cccc1-n1nc(C)c(Br)c1C. The Morgan fingerprint density at radius 1 is 1.40 bits per heavy atom. The molecule has 0 aliphatic carbocycles. The molecular formula is C15H19BrFN3. The smallest absolute Gasteiger partial charge is 0.128 e. The number of aryl methyl sites for hydroxylation is 1. The van der Waals surface area contributed by atoms with Gasteiger partial charge in [-0.05, 0) is 54.8 Å². The lowest BCUT2D eigenvalue weighted by Crippen LogP contribution is -2.23. The molecule has 3 nitrogen and oxygen atoms in total. The van der Waals surface area contributed by atoms with Gasteiger partial charge in [0.15, 0.2) is 0 Å². The zero-order chi connectivity index (χ0) is 14.9. The zero-order valence-electron chi connectivity index (χ0n) is 12.0. The van der Waals surface area contributed by atoms with Gasteiger partial charge in [0.2, 0.25) is 0 Å². The van der Waals surface area contributed by atoms with E-state index in [1.807, 2.05) is 26.8 Å². The summed E-state index contributed by atoms with van der Waals surface area (Å²) in [6.07, 6.45) is 1.32. The maximum absolute atomic E-state index is 14.2. The molecule has 0 amide bonds. The van der Waals surface area contributed by atoms with Gasteiger partial charge < -0.3 is 5.73 Å².